The van der Waals surface area contributed by atoms with Crippen molar-refractivity contribution in [1.29, 1.82) is 0 Å². The summed E-state index contributed by atoms with van der Waals surface area (Å²) in [6.45, 7) is 8.01. The Morgan fingerprint density at radius 2 is 1.38 bits per heavy atom. The van der Waals surface area contributed by atoms with Gasteiger partial charge in [-0.15, -0.1) is 0 Å². The predicted molar refractivity (Wildman–Crippen MR) is 114 cm³/mol. The molecule has 0 fully saturated rings. The molecule has 0 rings (SSSR count). The van der Waals surface area contributed by atoms with Crippen LogP contribution in [0, 0.1) is 11.8 Å². The minimum absolute atomic E-state index is 0.281. The topological polar surface area (TPSA) is 208 Å². The molecule has 0 aliphatic heterocycles. The van der Waals surface area contributed by atoms with Crippen molar-refractivity contribution in [3.05, 3.63) is 0 Å². The third kappa shape index (κ3) is 9.60. The third-order valence-electron chi connectivity index (χ3n) is 5.13. The molecule has 0 saturated carbocycles. The van der Waals surface area contributed by atoms with Crippen molar-refractivity contribution in [3.63, 3.8) is 0 Å². The molecule has 0 saturated heterocycles. The van der Waals surface area contributed by atoms with E-state index in [9.17, 15) is 34.2 Å². The number of carbonyl (C=O) groups is 5. The summed E-state index contributed by atoms with van der Waals surface area (Å²) in [4.78, 5) is 60.1. The Kier molecular flexibility index (Phi) is 12.5. The highest BCUT2D eigenvalue weighted by atomic mass is 16.4. The van der Waals surface area contributed by atoms with Gasteiger partial charge in [0.1, 0.15) is 24.2 Å². The van der Waals surface area contributed by atoms with Gasteiger partial charge in [-0.05, 0) is 25.2 Å². The van der Waals surface area contributed by atoms with E-state index in [4.69, 9.17) is 10.8 Å². The van der Waals surface area contributed by atoms with Crippen LogP contribution < -0.4 is 21.7 Å². The second-order valence-corrected chi connectivity index (χ2v) is 8.20. The number of hydrogen-bond donors (Lipinski definition) is 7. The van der Waals surface area contributed by atoms with E-state index in [-0.39, 0.29) is 12.3 Å². The first-order valence-corrected chi connectivity index (χ1v) is 10.5. The summed E-state index contributed by atoms with van der Waals surface area (Å²) in [6.07, 6.45) is -1.43. The van der Waals surface area contributed by atoms with E-state index in [2.05, 4.69) is 16.0 Å². The number of amides is 3. The molecule has 0 aromatic heterocycles. The number of nitrogens with two attached hydrogens (primary N) is 1. The molecule has 0 spiro atoms. The Morgan fingerprint density at radius 3 is 1.78 bits per heavy atom. The van der Waals surface area contributed by atoms with E-state index >= 15 is 0 Å². The predicted octanol–water partition coefficient (Wildman–Crippen LogP) is -1.20. The van der Waals surface area contributed by atoms with Crippen molar-refractivity contribution in [1.82, 2.24) is 16.0 Å². The van der Waals surface area contributed by atoms with Crippen LogP contribution in [0.25, 0.3) is 0 Å². The Labute approximate surface area is 187 Å². The highest BCUT2D eigenvalue weighted by Gasteiger charge is 2.33. The highest BCUT2D eigenvalue weighted by Crippen LogP contribution is 2.11. The fourth-order valence-corrected chi connectivity index (χ4v) is 2.74. The molecule has 184 valence electrons. The van der Waals surface area contributed by atoms with E-state index < -0.39 is 72.3 Å². The van der Waals surface area contributed by atoms with E-state index in [1.165, 1.54) is 6.92 Å². The number of carbonyl (C=O) groups excluding carboxylic acids is 3. The van der Waals surface area contributed by atoms with Gasteiger partial charge in [-0.3, -0.25) is 19.2 Å². The second-order valence-electron chi connectivity index (χ2n) is 8.20. The molecule has 6 atom stereocenters. The van der Waals surface area contributed by atoms with Crippen molar-refractivity contribution in [2.45, 2.75) is 84.2 Å². The number of carboxylic acid groups (broad SMARTS) is 2. The average molecular weight is 461 g/mol. The van der Waals surface area contributed by atoms with Gasteiger partial charge in [-0.1, -0.05) is 34.1 Å². The summed E-state index contributed by atoms with van der Waals surface area (Å²) >= 11 is 0. The van der Waals surface area contributed by atoms with Gasteiger partial charge in [0, 0.05) is 6.42 Å². The molecule has 0 radical (unpaired) electrons. The van der Waals surface area contributed by atoms with Gasteiger partial charge in [0.05, 0.1) is 6.10 Å². The first-order valence-electron chi connectivity index (χ1n) is 10.5. The molecule has 12 heteroatoms. The molecule has 0 aliphatic carbocycles. The van der Waals surface area contributed by atoms with E-state index in [1.54, 1.807) is 27.7 Å². The zero-order chi connectivity index (χ0) is 25.2. The Hall–Kier alpha value is -2.73. The molecule has 0 heterocycles. The average Bonchev–Trinajstić information content (AvgIpc) is 2.70. The van der Waals surface area contributed by atoms with Crippen LogP contribution in [-0.4, -0.2) is 75.3 Å². The Bertz CT molecular complexity index is 683. The SMILES string of the molecule is CCC(C)C(NC(=O)C(NC(=O)C(CCC(=O)O)NC(=O)C(N)C(C)O)C(C)C)C(=O)O. The van der Waals surface area contributed by atoms with Crippen LogP contribution in [0.2, 0.25) is 0 Å². The molecular weight excluding hydrogens is 424 g/mol. The smallest absolute Gasteiger partial charge is 0.326 e. The molecule has 0 aliphatic rings. The number of hydrogen-bond acceptors (Lipinski definition) is 7. The lowest BCUT2D eigenvalue weighted by molar-refractivity contribution is -0.144. The molecular formula is C20H36N4O8. The molecule has 32 heavy (non-hydrogen) atoms. The quantitative estimate of drug-likeness (QED) is 0.166. The maximum absolute atomic E-state index is 12.8. The number of aliphatic hydroxyl groups excluding tert-OH is 1. The number of aliphatic carboxylic acids is 2. The summed E-state index contributed by atoms with van der Waals surface area (Å²) in [6, 6.07) is -4.96. The molecule has 0 aromatic rings. The van der Waals surface area contributed by atoms with Crippen LogP contribution in [0.15, 0.2) is 0 Å². The van der Waals surface area contributed by atoms with Gasteiger partial charge < -0.3 is 37.0 Å². The summed E-state index contributed by atoms with van der Waals surface area (Å²) < 4.78 is 0. The number of nitrogens with one attached hydrogen (secondary N) is 3. The number of aliphatic hydroxyl groups is 1. The van der Waals surface area contributed by atoms with Gasteiger partial charge in [0.25, 0.3) is 0 Å². The zero-order valence-corrected chi connectivity index (χ0v) is 19.1. The van der Waals surface area contributed by atoms with Gasteiger partial charge in [0.2, 0.25) is 17.7 Å². The summed E-state index contributed by atoms with van der Waals surface area (Å²) in [5, 5.41) is 35.0. The Morgan fingerprint density at radius 1 is 0.844 bits per heavy atom. The minimum Gasteiger partial charge on any atom is -0.481 e. The summed E-state index contributed by atoms with van der Waals surface area (Å²) in [5.41, 5.74) is 5.56. The van der Waals surface area contributed by atoms with Crippen LogP contribution in [0.5, 0.6) is 0 Å². The van der Waals surface area contributed by atoms with Crippen LogP contribution >= 0.6 is 0 Å². The monoisotopic (exact) mass is 460 g/mol. The zero-order valence-electron chi connectivity index (χ0n) is 19.1. The minimum atomic E-state index is -1.34. The lowest BCUT2D eigenvalue weighted by atomic mass is 9.97. The van der Waals surface area contributed by atoms with Crippen LogP contribution in [0.4, 0.5) is 0 Å². The highest BCUT2D eigenvalue weighted by molar-refractivity contribution is 5.94. The van der Waals surface area contributed by atoms with Gasteiger partial charge in [-0.2, -0.15) is 0 Å². The van der Waals surface area contributed by atoms with Crippen molar-refractivity contribution in [3.8, 4) is 0 Å². The van der Waals surface area contributed by atoms with Gasteiger partial charge >= 0.3 is 11.9 Å². The van der Waals surface area contributed by atoms with Crippen LogP contribution in [0.1, 0.15) is 53.9 Å². The maximum Gasteiger partial charge on any atom is 0.326 e. The summed E-state index contributed by atoms with van der Waals surface area (Å²) in [5.74, 6) is -5.62. The molecule has 0 aromatic carbocycles. The maximum atomic E-state index is 12.8. The lowest BCUT2D eigenvalue weighted by Gasteiger charge is -2.28. The van der Waals surface area contributed by atoms with Crippen molar-refractivity contribution >= 4 is 29.7 Å². The van der Waals surface area contributed by atoms with E-state index in [0.717, 1.165) is 0 Å². The first kappa shape index (κ1) is 29.3. The normalized spacial score (nSPS) is 16.8. The van der Waals surface area contributed by atoms with Crippen LogP contribution in [0.3, 0.4) is 0 Å². The van der Waals surface area contributed by atoms with Gasteiger partial charge in [-0.25, -0.2) is 4.79 Å². The van der Waals surface area contributed by atoms with Crippen LogP contribution in [-0.2, 0) is 24.0 Å². The molecule has 8 N–H and O–H groups in total. The van der Waals surface area contributed by atoms with Crippen molar-refractivity contribution < 1.29 is 39.3 Å². The Balaban J connectivity index is 5.53. The fourth-order valence-electron chi connectivity index (χ4n) is 2.74. The van der Waals surface area contributed by atoms with E-state index in [1.807, 2.05) is 0 Å². The number of rotatable bonds is 14. The second kappa shape index (κ2) is 13.6. The molecule has 6 unspecified atom stereocenters. The molecule has 12 nitrogen and oxygen atoms in total. The fraction of sp³-hybridized carbons (Fsp3) is 0.750. The lowest BCUT2D eigenvalue weighted by Crippen LogP contribution is -2.59. The number of carboxylic acids is 2. The molecule has 0 bridgehead atoms. The van der Waals surface area contributed by atoms with Gasteiger partial charge in [0.15, 0.2) is 0 Å². The summed E-state index contributed by atoms with van der Waals surface area (Å²) in [7, 11) is 0. The first-order chi connectivity index (χ1) is 14.7. The largest absolute Gasteiger partial charge is 0.481 e. The standard InChI is InChI=1S/C20H36N4O8/c1-6-10(4)16(20(31)32)24-19(30)15(9(2)3)23-17(28)12(7-8-13(26)27)22-18(29)14(21)11(5)25/h9-12,14-16,25H,6-8,21H2,1-5H3,(H,22,29)(H,23,28)(H,24,30)(H,26,27)(H,31,32). The van der Waals surface area contributed by atoms with Crippen molar-refractivity contribution in [2.24, 2.45) is 17.6 Å². The third-order valence-corrected chi connectivity index (χ3v) is 5.13. The van der Waals surface area contributed by atoms with E-state index in [0.29, 0.717) is 6.42 Å². The van der Waals surface area contributed by atoms with Crippen molar-refractivity contribution in [2.75, 3.05) is 0 Å². The molecule has 3 amide bonds.